The highest BCUT2D eigenvalue weighted by atomic mass is 28.3. The third kappa shape index (κ3) is 4.60. The molecule has 0 aliphatic heterocycles. The molecule has 1 fully saturated rings. The number of aryl methyl sites for hydroxylation is 1. The predicted molar refractivity (Wildman–Crippen MR) is 133 cm³/mol. The van der Waals surface area contributed by atoms with E-state index in [9.17, 15) is 4.79 Å². The van der Waals surface area contributed by atoms with Crippen LogP contribution in [0.15, 0.2) is 24.3 Å². The number of aromatic nitrogens is 2. The van der Waals surface area contributed by atoms with Crippen molar-refractivity contribution in [1.82, 2.24) is 15.1 Å². The molecule has 0 bridgehead atoms. The Kier molecular flexibility index (Phi) is 7.31. The molecule has 1 N–H and O–H groups in total. The Morgan fingerprint density at radius 2 is 1.68 bits per heavy atom. The van der Waals surface area contributed by atoms with E-state index in [1.54, 1.807) is 4.68 Å². The number of para-hydroxylation sites is 1. The van der Waals surface area contributed by atoms with E-state index in [0.717, 1.165) is 30.2 Å². The molecule has 1 aromatic carbocycles. The molecule has 1 aliphatic rings. The third-order valence-corrected chi connectivity index (χ3v) is 13.7. The largest absolute Gasteiger partial charge is 0.347 e. The second-order valence-electron chi connectivity index (χ2n) is 10.1. The fourth-order valence-electron chi connectivity index (χ4n) is 5.75. The lowest BCUT2D eigenvalue weighted by molar-refractivity contribution is 0.0913. The molecule has 1 amide bonds. The first-order valence-corrected chi connectivity index (χ1v) is 14.2. The Morgan fingerprint density at radius 1 is 1.06 bits per heavy atom. The Balaban J connectivity index is 1.86. The van der Waals surface area contributed by atoms with Crippen molar-refractivity contribution in [3.63, 3.8) is 0 Å². The molecule has 1 aliphatic carbocycles. The number of carbonyl (C=O) groups is 1. The van der Waals surface area contributed by atoms with Crippen LogP contribution >= 0.6 is 0 Å². The van der Waals surface area contributed by atoms with Gasteiger partial charge in [-0.1, -0.05) is 72.6 Å². The molecule has 2 aromatic rings. The van der Waals surface area contributed by atoms with Gasteiger partial charge >= 0.3 is 0 Å². The first-order chi connectivity index (χ1) is 14.7. The SMILES string of the molecule is CC(C)[Si](C#CC1CCCCC1NC(=O)c1nn(C)c2ccccc12)(C(C)C)C(C)C. The van der Waals surface area contributed by atoms with Crippen molar-refractivity contribution in [2.75, 3.05) is 0 Å². The highest BCUT2D eigenvalue weighted by Gasteiger charge is 2.42. The molecule has 3 rings (SSSR count). The molecule has 1 aromatic heterocycles. The van der Waals surface area contributed by atoms with Gasteiger partial charge in [-0.05, 0) is 35.5 Å². The van der Waals surface area contributed by atoms with Gasteiger partial charge in [-0.2, -0.15) is 5.10 Å². The Hall–Kier alpha value is -2.06. The number of hydrogen-bond acceptors (Lipinski definition) is 2. The normalized spacial score (nSPS) is 19.7. The maximum absolute atomic E-state index is 13.2. The van der Waals surface area contributed by atoms with E-state index in [2.05, 4.69) is 63.4 Å². The minimum Gasteiger partial charge on any atom is -0.347 e. The zero-order chi connectivity index (χ0) is 22.8. The van der Waals surface area contributed by atoms with E-state index in [1.807, 2.05) is 31.3 Å². The van der Waals surface area contributed by atoms with Crippen LogP contribution in [-0.4, -0.2) is 29.8 Å². The molecule has 1 saturated carbocycles. The number of amides is 1. The number of nitrogens with one attached hydrogen (secondary N) is 1. The van der Waals surface area contributed by atoms with Crippen LogP contribution in [0.3, 0.4) is 0 Å². The molecule has 0 radical (unpaired) electrons. The van der Waals surface area contributed by atoms with Gasteiger partial charge < -0.3 is 5.32 Å². The monoisotopic (exact) mass is 437 g/mol. The number of fused-ring (bicyclic) bond motifs is 1. The maximum Gasteiger partial charge on any atom is 0.272 e. The molecule has 2 unspecified atom stereocenters. The van der Waals surface area contributed by atoms with Gasteiger partial charge in [-0.15, -0.1) is 11.5 Å². The van der Waals surface area contributed by atoms with Gasteiger partial charge in [0.25, 0.3) is 5.91 Å². The fraction of sp³-hybridized carbons (Fsp3) is 0.615. The van der Waals surface area contributed by atoms with E-state index < -0.39 is 8.07 Å². The van der Waals surface area contributed by atoms with E-state index >= 15 is 0 Å². The van der Waals surface area contributed by atoms with Gasteiger partial charge in [0.1, 0.15) is 8.07 Å². The molecular weight excluding hydrogens is 398 g/mol. The smallest absolute Gasteiger partial charge is 0.272 e. The van der Waals surface area contributed by atoms with Crippen LogP contribution in [0.25, 0.3) is 10.9 Å². The highest BCUT2D eigenvalue weighted by Crippen LogP contribution is 2.41. The molecule has 0 saturated heterocycles. The number of benzene rings is 1. The molecule has 2 atom stereocenters. The summed E-state index contributed by atoms with van der Waals surface area (Å²) in [5, 5.41) is 8.73. The Morgan fingerprint density at radius 3 is 2.32 bits per heavy atom. The van der Waals surface area contributed by atoms with Crippen LogP contribution in [0.1, 0.15) is 77.7 Å². The van der Waals surface area contributed by atoms with E-state index in [1.165, 1.54) is 6.42 Å². The van der Waals surface area contributed by atoms with E-state index in [4.69, 9.17) is 0 Å². The third-order valence-electron chi connectivity index (χ3n) is 7.40. The topological polar surface area (TPSA) is 46.9 Å². The number of hydrogen-bond donors (Lipinski definition) is 1. The average Bonchev–Trinajstić information content (AvgIpc) is 3.06. The standard InChI is InChI=1S/C26H39N3OSi/c1-18(2)31(19(3)4,20(5)6)17-16-21-12-8-10-14-23(21)27-26(30)25-22-13-9-11-15-24(22)29(7)28-25/h9,11,13,15,18-21,23H,8,10,12,14H2,1-7H3,(H,27,30). The summed E-state index contributed by atoms with van der Waals surface area (Å²) in [5.41, 5.74) is 7.26. The number of carbonyl (C=O) groups excluding carboxylic acids is 1. The molecule has 168 valence electrons. The Bertz CT molecular complexity index is 958. The number of rotatable bonds is 5. The first kappa shape index (κ1) is 23.6. The lowest BCUT2D eigenvalue weighted by Crippen LogP contribution is -2.45. The summed E-state index contributed by atoms with van der Waals surface area (Å²) >= 11 is 0. The van der Waals surface area contributed by atoms with Gasteiger partial charge in [0.2, 0.25) is 0 Å². The predicted octanol–water partition coefficient (Wildman–Crippen LogP) is 6.08. The zero-order valence-corrected chi connectivity index (χ0v) is 21.3. The van der Waals surface area contributed by atoms with Crippen molar-refractivity contribution in [2.45, 2.75) is 89.9 Å². The minimum atomic E-state index is -1.77. The van der Waals surface area contributed by atoms with Crippen LogP contribution in [-0.2, 0) is 7.05 Å². The van der Waals surface area contributed by atoms with Crippen molar-refractivity contribution in [3.8, 4) is 11.5 Å². The van der Waals surface area contributed by atoms with Crippen molar-refractivity contribution < 1.29 is 4.79 Å². The van der Waals surface area contributed by atoms with E-state index in [0.29, 0.717) is 22.3 Å². The average molecular weight is 438 g/mol. The summed E-state index contributed by atoms with van der Waals surface area (Å²) in [6, 6.07) is 8.02. The van der Waals surface area contributed by atoms with Crippen LogP contribution in [0.4, 0.5) is 0 Å². The van der Waals surface area contributed by atoms with Crippen LogP contribution in [0.5, 0.6) is 0 Å². The second-order valence-corrected chi connectivity index (χ2v) is 15.7. The van der Waals surface area contributed by atoms with Crippen LogP contribution in [0.2, 0.25) is 16.6 Å². The van der Waals surface area contributed by atoms with Crippen molar-refractivity contribution in [1.29, 1.82) is 0 Å². The summed E-state index contributed by atoms with van der Waals surface area (Å²) < 4.78 is 1.79. The summed E-state index contributed by atoms with van der Waals surface area (Å²) in [7, 11) is 0.123. The molecular formula is C26H39N3OSi. The summed E-state index contributed by atoms with van der Waals surface area (Å²) in [4.78, 5) is 13.2. The van der Waals surface area contributed by atoms with Gasteiger partial charge in [-0.25, -0.2) is 0 Å². The van der Waals surface area contributed by atoms with Crippen molar-refractivity contribution in [3.05, 3.63) is 30.0 Å². The van der Waals surface area contributed by atoms with E-state index in [-0.39, 0.29) is 17.9 Å². The molecule has 4 nitrogen and oxygen atoms in total. The summed E-state index contributed by atoms with van der Waals surface area (Å²) in [5.74, 6) is 3.89. The van der Waals surface area contributed by atoms with Crippen molar-refractivity contribution in [2.24, 2.45) is 13.0 Å². The highest BCUT2D eigenvalue weighted by molar-refractivity contribution is 6.90. The molecule has 31 heavy (non-hydrogen) atoms. The summed E-state index contributed by atoms with van der Waals surface area (Å²) in [6.45, 7) is 14.1. The minimum absolute atomic E-state index is 0.0735. The Labute approximate surface area is 189 Å². The maximum atomic E-state index is 13.2. The van der Waals surface area contributed by atoms with Gasteiger partial charge in [0.15, 0.2) is 5.69 Å². The summed E-state index contributed by atoms with van der Waals surface area (Å²) in [6.07, 6.45) is 4.40. The quantitative estimate of drug-likeness (QED) is 0.455. The lowest BCUT2D eigenvalue weighted by atomic mass is 9.85. The van der Waals surface area contributed by atoms with Crippen LogP contribution in [0, 0.1) is 17.4 Å². The zero-order valence-electron chi connectivity index (χ0n) is 20.3. The first-order valence-electron chi connectivity index (χ1n) is 11.9. The van der Waals surface area contributed by atoms with Crippen LogP contribution < -0.4 is 5.32 Å². The van der Waals surface area contributed by atoms with Gasteiger partial charge in [0.05, 0.1) is 5.52 Å². The van der Waals surface area contributed by atoms with Gasteiger partial charge in [0, 0.05) is 24.4 Å². The molecule has 0 spiro atoms. The number of nitrogens with zero attached hydrogens (tertiary/aromatic N) is 2. The fourth-order valence-corrected chi connectivity index (χ4v) is 11.0. The lowest BCUT2D eigenvalue weighted by Gasteiger charge is -2.38. The molecule has 1 heterocycles. The molecule has 5 heteroatoms. The second kappa shape index (κ2) is 9.61. The van der Waals surface area contributed by atoms with Crippen molar-refractivity contribution >= 4 is 24.9 Å². The van der Waals surface area contributed by atoms with Gasteiger partial charge in [-0.3, -0.25) is 9.48 Å².